The minimum absolute atomic E-state index is 0.0580. The van der Waals surface area contributed by atoms with Crippen LogP contribution in [-0.2, 0) is 15.8 Å². The number of fused-ring (bicyclic) bond motifs is 2. The number of nitrogens with two attached hydrogens (primary N) is 1. The molecule has 252 valence electrons. The van der Waals surface area contributed by atoms with Gasteiger partial charge in [0.15, 0.2) is 5.60 Å². The van der Waals surface area contributed by atoms with Crippen molar-refractivity contribution in [3.05, 3.63) is 99.8 Å². The van der Waals surface area contributed by atoms with Crippen molar-refractivity contribution in [2.24, 2.45) is 5.73 Å². The van der Waals surface area contributed by atoms with E-state index in [1.165, 1.54) is 38.3 Å². The molecule has 0 radical (unpaired) electrons. The quantitative estimate of drug-likeness (QED) is 0.148. The van der Waals surface area contributed by atoms with E-state index in [0.717, 1.165) is 25.0 Å². The van der Waals surface area contributed by atoms with E-state index in [1.54, 1.807) is 6.07 Å². The van der Waals surface area contributed by atoms with E-state index in [2.05, 4.69) is 20.4 Å². The molecule has 1 aliphatic heterocycles. The Balaban J connectivity index is 1.35. The van der Waals surface area contributed by atoms with Crippen LogP contribution < -0.4 is 20.5 Å². The van der Waals surface area contributed by atoms with E-state index < -0.39 is 52.0 Å². The number of pyridine rings is 2. The van der Waals surface area contributed by atoms with E-state index in [1.807, 2.05) is 10.9 Å². The molecule has 4 N–H and O–H groups in total. The molecule has 2 aliphatic rings. The Bertz CT molecular complexity index is 2190. The monoisotopic (exact) mass is 692 g/mol. The van der Waals surface area contributed by atoms with Gasteiger partial charge in [0.1, 0.15) is 46.4 Å². The van der Waals surface area contributed by atoms with Crippen molar-refractivity contribution in [2.75, 3.05) is 20.3 Å². The largest absolute Gasteiger partial charge is 0.494 e. The number of rotatable bonds is 9. The molecular formula is C34H28ClF3N6O5. The van der Waals surface area contributed by atoms with Crippen LogP contribution in [-0.4, -0.2) is 56.9 Å². The molecule has 1 fully saturated rings. The predicted molar refractivity (Wildman–Crippen MR) is 171 cm³/mol. The molecule has 1 aliphatic carbocycles. The summed E-state index contributed by atoms with van der Waals surface area (Å²) in [6, 6.07) is 9.93. The second-order valence-electron chi connectivity index (χ2n) is 12.3. The van der Waals surface area contributed by atoms with Crippen LogP contribution in [0.15, 0.2) is 54.7 Å². The van der Waals surface area contributed by atoms with E-state index in [0.29, 0.717) is 22.7 Å². The first-order valence-electron chi connectivity index (χ1n) is 15.2. The maximum atomic E-state index is 15.3. The summed E-state index contributed by atoms with van der Waals surface area (Å²) < 4.78 is 57.2. The molecule has 0 bridgehead atoms. The number of methoxy groups -OCH3 is 1. The van der Waals surface area contributed by atoms with Crippen molar-refractivity contribution < 1.29 is 37.3 Å². The lowest BCUT2D eigenvalue weighted by molar-refractivity contribution is -0.123. The summed E-state index contributed by atoms with van der Waals surface area (Å²) in [5, 5.41) is 19.9. The molecule has 15 heteroatoms. The van der Waals surface area contributed by atoms with Gasteiger partial charge in [0.2, 0.25) is 11.9 Å². The van der Waals surface area contributed by atoms with Crippen molar-refractivity contribution in [3.8, 4) is 22.8 Å². The van der Waals surface area contributed by atoms with Crippen molar-refractivity contribution in [1.82, 2.24) is 25.1 Å². The molecule has 7 rings (SSSR count). The molecule has 2 aromatic carbocycles. The number of ether oxygens (including phenoxy) is 2. The molecule has 2 atom stereocenters. The Morgan fingerprint density at radius 1 is 1.14 bits per heavy atom. The van der Waals surface area contributed by atoms with Crippen molar-refractivity contribution in [1.29, 1.82) is 0 Å². The molecule has 0 unspecified atom stereocenters. The fraction of sp³-hybridized carbons (Fsp3) is 0.265. The van der Waals surface area contributed by atoms with Gasteiger partial charge in [0, 0.05) is 34.3 Å². The maximum Gasteiger partial charge on any atom is 0.251 e. The van der Waals surface area contributed by atoms with Crippen LogP contribution in [0.25, 0.3) is 22.2 Å². The molecule has 4 heterocycles. The number of nitrogens with zero attached hydrogens (tertiary/aromatic N) is 4. The van der Waals surface area contributed by atoms with E-state index in [9.17, 15) is 23.5 Å². The van der Waals surface area contributed by atoms with Gasteiger partial charge in [-0.3, -0.25) is 14.3 Å². The minimum atomic E-state index is -2.39. The number of halogens is 4. The topological polar surface area (TPSA) is 154 Å². The smallest absolute Gasteiger partial charge is 0.251 e. The molecule has 2 amide bonds. The normalized spacial score (nSPS) is 18.1. The number of amides is 2. The Morgan fingerprint density at radius 3 is 2.61 bits per heavy atom. The lowest BCUT2D eigenvalue weighted by Gasteiger charge is -2.29. The molecule has 0 spiro atoms. The van der Waals surface area contributed by atoms with Gasteiger partial charge in [-0.25, -0.2) is 18.7 Å². The Morgan fingerprint density at radius 2 is 1.92 bits per heavy atom. The second kappa shape index (κ2) is 11.7. The summed E-state index contributed by atoms with van der Waals surface area (Å²) in [5.41, 5.74) is 1.63. The van der Waals surface area contributed by atoms with Gasteiger partial charge >= 0.3 is 0 Å². The number of nitrogens with one attached hydrogen (secondary N) is 1. The molecule has 3 aromatic heterocycles. The number of primary amides is 1. The van der Waals surface area contributed by atoms with Crippen LogP contribution in [0, 0.1) is 17.6 Å². The summed E-state index contributed by atoms with van der Waals surface area (Å²) in [6.07, 6.45) is 3.83. The summed E-state index contributed by atoms with van der Waals surface area (Å²) >= 11 is 6.01. The SMILES string of the molecule is COc1cc(C(=O)NC[C@@](O)(c2cccc(F)n2)c2cc3c(c(-c4cc(Cl)c(F)cc4F)n2)OC[C@]3(C)C(N)=O)cc2cn(C3CC3)nc12. The fourth-order valence-corrected chi connectivity index (χ4v) is 6.05. The van der Waals surface area contributed by atoms with Gasteiger partial charge in [0.05, 0.1) is 36.1 Å². The van der Waals surface area contributed by atoms with Gasteiger partial charge in [0.25, 0.3) is 5.91 Å². The third kappa shape index (κ3) is 5.50. The van der Waals surface area contributed by atoms with E-state index in [-0.39, 0.29) is 52.2 Å². The highest BCUT2D eigenvalue weighted by Gasteiger charge is 2.46. The van der Waals surface area contributed by atoms with Gasteiger partial charge in [-0.1, -0.05) is 17.7 Å². The van der Waals surface area contributed by atoms with Gasteiger partial charge in [-0.15, -0.1) is 0 Å². The third-order valence-corrected chi connectivity index (χ3v) is 9.23. The van der Waals surface area contributed by atoms with Crippen molar-refractivity contribution in [3.63, 3.8) is 0 Å². The zero-order chi connectivity index (χ0) is 34.8. The fourth-order valence-electron chi connectivity index (χ4n) is 5.88. The highest BCUT2D eigenvalue weighted by Crippen LogP contribution is 2.47. The van der Waals surface area contributed by atoms with Gasteiger partial charge in [-0.2, -0.15) is 9.49 Å². The number of hydrogen-bond donors (Lipinski definition) is 3. The van der Waals surface area contributed by atoms with Gasteiger partial charge in [-0.05, 0) is 56.2 Å². The predicted octanol–water partition coefficient (Wildman–Crippen LogP) is 4.71. The van der Waals surface area contributed by atoms with Crippen molar-refractivity contribution >= 4 is 34.3 Å². The average Bonchev–Trinajstić information content (AvgIpc) is 3.75. The minimum Gasteiger partial charge on any atom is -0.494 e. The Labute approximate surface area is 281 Å². The third-order valence-electron chi connectivity index (χ3n) is 8.94. The summed E-state index contributed by atoms with van der Waals surface area (Å²) in [5.74, 6) is -4.19. The number of aromatic nitrogens is 4. The van der Waals surface area contributed by atoms with Crippen LogP contribution in [0.3, 0.4) is 0 Å². The average molecular weight is 693 g/mol. The first kappa shape index (κ1) is 32.3. The lowest BCUT2D eigenvalue weighted by atomic mass is 9.81. The van der Waals surface area contributed by atoms with Crippen LogP contribution >= 0.6 is 11.6 Å². The van der Waals surface area contributed by atoms with Gasteiger partial charge < -0.3 is 25.6 Å². The number of carbonyl (C=O) groups excluding carboxylic acids is 2. The molecule has 5 aromatic rings. The zero-order valence-corrected chi connectivity index (χ0v) is 26.8. The van der Waals surface area contributed by atoms with E-state index in [4.69, 9.17) is 26.8 Å². The Hall–Kier alpha value is -5.21. The van der Waals surface area contributed by atoms with Crippen LogP contribution in [0.1, 0.15) is 53.1 Å². The number of carbonyl (C=O) groups is 2. The number of hydrogen-bond acceptors (Lipinski definition) is 8. The molecular weight excluding hydrogens is 665 g/mol. The first-order chi connectivity index (χ1) is 23.3. The molecule has 1 saturated carbocycles. The molecule has 49 heavy (non-hydrogen) atoms. The second-order valence-corrected chi connectivity index (χ2v) is 12.7. The lowest BCUT2D eigenvalue weighted by Crippen LogP contribution is -2.44. The van der Waals surface area contributed by atoms with E-state index >= 15 is 4.39 Å². The van der Waals surface area contributed by atoms with Crippen LogP contribution in [0.4, 0.5) is 13.2 Å². The summed E-state index contributed by atoms with van der Waals surface area (Å²) in [7, 11) is 1.46. The molecule has 0 saturated heterocycles. The van der Waals surface area contributed by atoms with Crippen LogP contribution in [0.5, 0.6) is 11.5 Å². The van der Waals surface area contributed by atoms with Crippen molar-refractivity contribution in [2.45, 2.75) is 36.8 Å². The molecule has 11 nitrogen and oxygen atoms in total. The number of aliphatic hydroxyl groups is 1. The zero-order valence-electron chi connectivity index (χ0n) is 26.1. The summed E-state index contributed by atoms with van der Waals surface area (Å²) in [6.45, 7) is 0.594. The summed E-state index contributed by atoms with van der Waals surface area (Å²) in [4.78, 5) is 34.8. The first-order valence-corrected chi connectivity index (χ1v) is 15.5. The maximum absolute atomic E-state index is 15.3. The van der Waals surface area contributed by atoms with Crippen LogP contribution in [0.2, 0.25) is 5.02 Å². The number of benzene rings is 2. The highest BCUT2D eigenvalue weighted by atomic mass is 35.5. The Kier molecular flexibility index (Phi) is 7.75. The highest BCUT2D eigenvalue weighted by molar-refractivity contribution is 6.31. The standard InChI is InChI=1S/C34H28ClF3N6O5/c1-33(32(39)46)15-49-30-20(33)11-26(42-29(30)19-10-21(35)23(37)12-22(19)36)34(47,25-4-3-5-27(38)41-25)14-40-31(45)16-8-17-13-44(18-6-7-18)43-28(17)24(9-16)48-2/h3-5,8-13,18,47H,6-7,14-15H2,1-2H3,(H2,39,46)(H,40,45)/t33-,34+/m0/s1.